The molecule has 13 heteroatoms. The number of piperazine rings is 1. The van der Waals surface area contributed by atoms with Crippen LogP contribution >= 0.6 is 0 Å². The first kappa shape index (κ1) is 22.6. The van der Waals surface area contributed by atoms with Crippen LogP contribution in [0.4, 0.5) is 23.5 Å². The number of nitrogens with one attached hydrogen (secondary N) is 1. The van der Waals surface area contributed by atoms with Crippen molar-refractivity contribution in [1.29, 1.82) is 0 Å². The maximum absolute atomic E-state index is 13.7. The summed E-state index contributed by atoms with van der Waals surface area (Å²) in [6, 6.07) is 5.99. The molecule has 0 bridgehead atoms. The minimum absolute atomic E-state index is 0.0597. The number of carbonyl (C=O) groups excluding carboxylic acids is 1. The number of carbonyl (C=O) groups is 1. The van der Waals surface area contributed by atoms with Crippen molar-refractivity contribution in [3.63, 3.8) is 0 Å². The van der Waals surface area contributed by atoms with E-state index < -0.39 is 29.3 Å². The zero-order valence-corrected chi connectivity index (χ0v) is 17.3. The molecule has 174 valence electrons. The summed E-state index contributed by atoms with van der Waals surface area (Å²) < 4.78 is 54.6. The molecule has 3 aromatic rings. The summed E-state index contributed by atoms with van der Waals surface area (Å²) in [7, 11) is 0. The Morgan fingerprint density at radius 2 is 1.70 bits per heavy atom. The number of hydrogen-bond donors (Lipinski definition) is 1. The SMILES string of the molecule is O=C(NCCN1CCN(c2ncccn2)CC1)c1nnn(-c2ccc(F)cc2)c1C(F)(F)F. The highest BCUT2D eigenvalue weighted by atomic mass is 19.4. The molecule has 0 unspecified atom stereocenters. The lowest BCUT2D eigenvalue weighted by molar-refractivity contribution is -0.143. The Bertz CT molecular complexity index is 1080. The van der Waals surface area contributed by atoms with Gasteiger partial charge in [-0.2, -0.15) is 13.2 Å². The highest BCUT2D eigenvalue weighted by Gasteiger charge is 2.42. The van der Waals surface area contributed by atoms with Gasteiger partial charge < -0.3 is 10.2 Å². The number of hydrogen-bond acceptors (Lipinski definition) is 7. The summed E-state index contributed by atoms with van der Waals surface area (Å²) in [6.07, 6.45) is -1.54. The topological polar surface area (TPSA) is 92.1 Å². The van der Waals surface area contributed by atoms with Gasteiger partial charge in [0.2, 0.25) is 5.95 Å². The maximum atomic E-state index is 13.7. The molecule has 0 saturated carbocycles. The molecule has 1 saturated heterocycles. The van der Waals surface area contributed by atoms with E-state index in [9.17, 15) is 22.4 Å². The second-order valence-electron chi connectivity index (χ2n) is 7.31. The number of alkyl halides is 3. The summed E-state index contributed by atoms with van der Waals surface area (Å²) in [6.45, 7) is 3.39. The molecule has 4 rings (SSSR count). The number of benzene rings is 1. The summed E-state index contributed by atoms with van der Waals surface area (Å²) in [5.41, 5.74) is -2.21. The van der Waals surface area contributed by atoms with Gasteiger partial charge in [-0.1, -0.05) is 5.21 Å². The third kappa shape index (κ3) is 5.25. The molecule has 1 aliphatic rings. The molecular weight excluding hydrogens is 444 g/mol. The van der Waals surface area contributed by atoms with E-state index in [2.05, 4.69) is 30.5 Å². The van der Waals surface area contributed by atoms with Gasteiger partial charge in [0.15, 0.2) is 11.4 Å². The van der Waals surface area contributed by atoms with E-state index in [0.717, 1.165) is 24.3 Å². The number of anilines is 1. The molecule has 0 aliphatic carbocycles. The Labute approximate surface area is 186 Å². The molecule has 0 radical (unpaired) electrons. The first-order chi connectivity index (χ1) is 15.8. The molecule has 0 atom stereocenters. The van der Waals surface area contributed by atoms with E-state index in [-0.39, 0.29) is 12.2 Å². The predicted molar refractivity (Wildman–Crippen MR) is 109 cm³/mol. The van der Waals surface area contributed by atoms with Gasteiger partial charge in [-0.15, -0.1) is 5.10 Å². The molecule has 1 aliphatic heterocycles. The Balaban J connectivity index is 1.36. The quantitative estimate of drug-likeness (QED) is 0.556. The van der Waals surface area contributed by atoms with E-state index >= 15 is 0 Å². The minimum Gasteiger partial charge on any atom is -0.349 e. The Morgan fingerprint density at radius 3 is 2.33 bits per heavy atom. The molecule has 33 heavy (non-hydrogen) atoms. The Morgan fingerprint density at radius 1 is 1.03 bits per heavy atom. The van der Waals surface area contributed by atoms with Gasteiger partial charge in [0, 0.05) is 51.7 Å². The molecule has 9 nitrogen and oxygen atoms in total. The molecular formula is C20H20F4N8O. The fraction of sp³-hybridized carbons (Fsp3) is 0.350. The number of nitrogens with zero attached hydrogens (tertiary/aromatic N) is 7. The van der Waals surface area contributed by atoms with Crippen LogP contribution in [0.25, 0.3) is 5.69 Å². The lowest BCUT2D eigenvalue weighted by atomic mass is 10.2. The van der Waals surface area contributed by atoms with Gasteiger partial charge >= 0.3 is 6.18 Å². The van der Waals surface area contributed by atoms with Crippen molar-refractivity contribution < 1.29 is 22.4 Å². The van der Waals surface area contributed by atoms with Crippen LogP contribution in [0.15, 0.2) is 42.7 Å². The molecule has 1 N–H and O–H groups in total. The standard InChI is InChI=1S/C20H20F4N8O/c21-14-2-4-15(5-3-14)32-17(20(22,23)24)16(28-29-32)18(33)25-8-9-30-10-12-31(13-11-30)19-26-6-1-7-27-19/h1-7H,8-13H2,(H,25,33). The zero-order valence-electron chi connectivity index (χ0n) is 17.3. The highest BCUT2D eigenvalue weighted by Crippen LogP contribution is 2.32. The number of halogens is 4. The Kier molecular flexibility index (Phi) is 6.49. The fourth-order valence-corrected chi connectivity index (χ4v) is 3.49. The van der Waals surface area contributed by atoms with Gasteiger partial charge in [-0.3, -0.25) is 9.69 Å². The van der Waals surface area contributed by atoms with Gasteiger partial charge in [-0.05, 0) is 30.3 Å². The summed E-state index contributed by atoms with van der Waals surface area (Å²) in [5, 5.41) is 9.40. The largest absolute Gasteiger partial charge is 0.435 e. The first-order valence-corrected chi connectivity index (χ1v) is 10.1. The second-order valence-corrected chi connectivity index (χ2v) is 7.31. The van der Waals surface area contributed by atoms with E-state index in [4.69, 9.17) is 0 Å². The number of amides is 1. The van der Waals surface area contributed by atoms with Crippen LogP contribution in [0, 0.1) is 5.82 Å². The average Bonchev–Trinajstić information content (AvgIpc) is 3.27. The molecule has 0 spiro atoms. The zero-order chi connectivity index (χ0) is 23.4. The smallest absolute Gasteiger partial charge is 0.349 e. The predicted octanol–water partition coefficient (Wildman–Crippen LogP) is 1.77. The second kappa shape index (κ2) is 9.48. The van der Waals surface area contributed by atoms with Crippen molar-refractivity contribution in [2.24, 2.45) is 0 Å². The average molecular weight is 464 g/mol. The lowest BCUT2D eigenvalue weighted by Gasteiger charge is -2.34. The van der Waals surface area contributed by atoms with Gasteiger partial charge in [0.25, 0.3) is 5.91 Å². The molecule has 1 fully saturated rings. The van der Waals surface area contributed by atoms with Crippen LogP contribution in [0.2, 0.25) is 0 Å². The third-order valence-corrected chi connectivity index (χ3v) is 5.15. The van der Waals surface area contributed by atoms with Crippen LogP contribution in [-0.4, -0.2) is 75.0 Å². The molecule has 3 heterocycles. The van der Waals surface area contributed by atoms with Crippen molar-refractivity contribution in [3.8, 4) is 5.69 Å². The fourth-order valence-electron chi connectivity index (χ4n) is 3.49. The van der Waals surface area contributed by atoms with Crippen molar-refractivity contribution >= 4 is 11.9 Å². The van der Waals surface area contributed by atoms with Crippen LogP contribution in [0.5, 0.6) is 0 Å². The summed E-state index contributed by atoms with van der Waals surface area (Å²) >= 11 is 0. The van der Waals surface area contributed by atoms with E-state index in [1.54, 1.807) is 18.5 Å². The Hall–Kier alpha value is -3.61. The van der Waals surface area contributed by atoms with E-state index in [0.29, 0.717) is 43.4 Å². The normalized spacial score (nSPS) is 15.0. The highest BCUT2D eigenvalue weighted by molar-refractivity contribution is 5.93. The summed E-state index contributed by atoms with van der Waals surface area (Å²) in [5.74, 6) is -0.941. The number of aromatic nitrogens is 5. The minimum atomic E-state index is -4.89. The number of rotatable bonds is 6. The van der Waals surface area contributed by atoms with Gasteiger partial charge in [-0.25, -0.2) is 19.0 Å². The molecule has 2 aromatic heterocycles. The van der Waals surface area contributed by atoms with Crippen molar-refractivity contribution in [2.45, 2.75) is 6.18 Å². The van der Waals surface area contributed by atoms with E-state index in [1.165, 1.54) is 0 Å². The van der Waals surface area contributed by atoms with Crippen LogP contribution in [-0.2, 0) is 6.18 Å². The van der Waals surface area contributed by atoms with Crippen molar-refractivity contribution in [1.82, 2.24) is 35.2 Å². The van der Waals surface area contributed by atoms with Crippen LogP contribution in [0.3, 0.4) is 0 Å². The third-order valence-electron chi connectivity index (χ3n) is 5.15. The monoisotopic (exact) mass is 464 g/mol. The van der Waals surface area contributed by atoms with Gasteiger partial charge in [0.1, 0.15) is 5.82 Å². The first-order valence-electron chi connectivity index (χ1n) is 10.1. The van der Waals surface area contributed by atoms with Gasteiger partial charge in [0.05, 0.1) is 5.69 Å². The van der Waals surface area contributed by atoms with Crippen molar-refractivity contribution in [3.05, 3.63) is 59.9 Å². The molecule has 1 aromatic carbocycles. The summed E-state index contributed by atoms with van der Waals surface area (Å²) in [4.78, 5) is 25.0. The van der Waals surface area contributed by atoms with Crippen LogP contribution in [0.1, 0.15) is 16.2 Å². The van der Waals surface area contributed by atoms with E-state index in [1.807, 2.05) is 4.90 Å². The van der Waals surface area contributed by atoms with Crippen LogP contribution < -0.4 is 10.2 Å². The molecule has 1 amide bonds. The maximum Gasteiger partial charge on any atom is 0.435 e. The lowest BCUT2D eigenvalue weighted by Crippen LogP contribution is -2.49. The van der Waals surface area contributed by atoms with Crippen molar-refractivity contribution in [2.75, 3.05) is 44.2 Å².